The molecule has 0 radical (unpaired) electrons. The van der Waals surface area contributed by atoms with Crippen LogP contribution in [0.4, 0.5) is 0 Å². The summed E-state index contributed by atoms with van der Waals surface area (Å²) < 4.78 is 29.3. The van der Waals surface area contributed by atoms with Crippen LogP contribution in [0.2, 0.25) is 0 Å². The largest absolute Gasteiger partial charge is 0.460 e. The SMILES string of the molecule is O=C1/C=C\C(=O)OCCOCCOC(=O)/C=C\C(=O)OCCOCCO1. The zero-order valence-electron chi connectivity index (χ0n) is 14.0. The first-order chi connectivity index (χ1) is 12.6. The van der Waals surface area contributed by atoms with E-state index >= 15 is 0 Å². The van der Waals surface area contributed by atoms with E-state index in [9.17, 15) is 19.2 Å². The summed E-state index contributed by atoms with van der Waals surface area (Å²) in [6, 6.07) is 0. The van der Waals surface area contributed by atoms with Gasteiger partial charge in [-0.05, 0) is 0 Å². The van der Waals surface area contributed by atoms with Crippen LogP contribution in [0.5, 0.6) is 0 Å². The Bertz CT molecular complexity index is 445. The number of cyclic esters (lactones) is 4. The fraction of sp³-hybridized carbons (Fsp3) is 0.500. The zero-order valence-corrected chi connectivity index (χ0v) is 14.0. The Morgan fingerprint density at radius 1 is 0.423 bits per heavy atom. The van der Waals surface area contributed by atoms with Crippen LogP contribution in [0.3, 0.4) is 0 Å². The molecule has 0 saturated heterocycles. The summed E-state index contributed by atoms with van der Waals surface area (Å²) in [5.41, 5.74) is 0. The van der Waals surface area contributed by atoms with E-state index in [-0.39, 0.29) is 52.9 Å². The lowest BCUT2D eigenvalue weighted by molar-refractivity contribution is -0.144. The van der Waals surface area contributed by atoms with Gasteiger partial charge < -0.3 is 28.4 Å². The maximum atomic E-state index is 11.3. The fourth-order valence-corrected chi connectivity index (χ4v) is 1.47. The minimum absolute atomic E-state index is 0.0360. The van der Waals surface area contributed by atoms with Gasteiger partial charge in [0, 0.05) is 24.3 Å². The first-order valence-corrected chi connectivity index (χ1v) is 7.76. The third-order valence-electron chi connectivity index (χ3n) is 2.60. The maximum Gasteiger partial charge on any atom is 0.331 e. The van der Waals surface area contributed by atoms with E-state index in [1.165, 1.54) is 0 Å². The highest BCUT2D eigenvalue weighted by molar-refractivity contribution is 5.92. The van der Waals surface area contributed by atoms with Gasteiger partial charge in [0.05, 0.1) is 26.4 Å². The van der Waals surface area contributed by atoms with Crippen molar-refractivity contribution in [2.75, 3.05) is 52.9 Å². The van der Waals surface area contributed by atoms with E-state index in [0.717, 1.165) is 24.3 Å². The molecule has 144 valence electrons. The van der Waals surface area contributed by atoms with Gasteiger partial charge in [0.1, 0.15) is 26.4 Å². The van der Waals surface area contributed by atoms with E-state index in [0.29, 0.717) is 0 Å². The zero-order chi connectivity index (χ0) is 19.0. The van der Waals surface area contributed by atoms with Gasteiger partial charge in [-0.25, -0.2) is 19.2 Å². The fourth-order valence-electron chi connectivity index (χ4n) is 1.47. The molecule has 0 saturated carbocycles. The summed E-state index contributed by atoms with van der Waals surface area (Å²) in [6.45, 7) is 0.194. The molecule has 0 amide bonds. The van der Waals surface area contributed by atoms with Crippen molar-refractivity contribution in [3.8, 4) is 0 Å². The second-order valence-corrected chi connectivity index (χ2v) is 4.56. The first-order valence-electron chi connectivity index (χ1n) is 7.76. The molecule has 0 fully saturated rings. The van der Waals surface area contributed by atoms with Gasteiger partial charge in [0.25, 0.3) is 0 Å². The molecule has 0 aromatic heterocycles. The molecule has 0 aliphatic carbocycles. The molecular weight excluding hydrogens is 352 g/mol. The average Bonchev–Trinajstić information content (AvgIpc) is 2.62. The number of ether oxygens (including phenoxy) is 6. The van der Waals surface area contributed by atoms with Gasteiger partial charge in [-0.1, -0.05) is 0 Å². The molecule has 0 bridgehead atoms. The summed E-state index contributed by atoms with van der Waals surface area (Å²) in [5, 5.41) is 0. The molecule has 26 heavy (non-hydrogen) atoms. The molecule has 10 heteroatoms. The quantitative estimate of drug-likeness (QED) is 0.399. The second kappa shape index (κ2) is 13.6. The van der Waals surface area contributed by atoms with Gasteiger partial charge in [0.2, 0.25) is 0 Å². The van der Waals surface area contributed by atoms with Gasteiger partial charge in [-0.15, -0.1) is 0 Å². The summed E-state index contributed by atoms with van der Waals surface area (Å²) in [7, 11) is 0. The third-order valence-corrected chi connectivity index (χ3v) is 2.60. The number of hydrogen-bond donors (Lipinski definition) is 0. The van der Waals surface area contributed by atoms with Gasteiger partial charge >= 0.3 is 23.9 Å². The maximum absolute atomic E-state index is 11.3. The lowest BCUT2D eigenvalue weighted by Crippen LogP contribution is -2.15. The van der Waals surface area contributed by atoms with E-state index in [4.69, 9.17) is 28.4 Å². The molecule has 1 aliphatic rings. The predicted molar refractivity (Wildman–Crippen MR) is 83.8 cm³/mol. The molecule has 0 N–H and O–H groups in total. The number of rotatable bonds is 0. The Morgan fingerprint density at radius 3 is 0.885 bits per heavy atom. The van der Waals surface area contributed by atoms with Gasteiger partial charge in [-0.3, -0.25) is 0 Å². The van der Waals surface area contributed by atoms with Crippen molar-refractivity contribution in [1.29, 1.82) is 0 Å². The van der Waals surface area contributed by atoms with E-state index in [1.54, 1.807) is 0 Å². The Hall–Kier alpha value is -2.72. The van der Waals surface area contributed by atoms with Crippen molar-refractivity contribution < 1.29 is 47.6 Å². The van der Waals surface area contributed by atoms with E-state index in [2.05, 4.69) is 0 Å². The Morgan fingerprint density at radius 2 is 0.654 bits per heavy atom. The number of carbonyl (C=O) groups is 4. The third kappa shape index (κ3) is 11.8. The normalized spacial score (nSPS) is 22.5. The van der Waals surface area contributed by atoms with Crippen molar-refractivity contribution in [3.05, 3.63) is 24.3 Å². The number of carbonyl (C=O) groups excluding carboxylic acids is 4. The van der Waals surface area contributed by atoms with Crippen LogP contribution in [0.25, 0.3) is 0 Å². The number of hydrogen-bond acceptors (Lipinski definition) is 10. The van der Waals surface area contributed by atoms with Crippen LogP contribution < -0.4 is 0 Å². The Labute approximate surface area is 149 Å². The molecule has 1 aliphatic heterocycles. The first kappa shape index (κ1) is 21.3. The van der Waals surface area contributed by atoms with Crippen molar-refractivity contribution in [3.63, 3.8) is 0 Å². The van der Waals surface area contributed by atoms with Crippen molar-refractivity contribution >= 4 is 23.9 Å². The molecule has 1 heterocycles. The minimum atomic E-state index is -0.720. The average molecular weight is 372 g/mol. The highest BCUT2D eigenvalue weighted by Crippen LogP contribution is 1.90. The Balaban J connectivity index is 2.43. The van der Waals surface area contributed by atoms with Gasteiger partial charge in [-0.2, -0.15) is 0 Å². The molecule has 0 aromatic rings. The highest BCUT2D eigenvalue weighted by atomic mass is 16.6. The monoisotopic (exact) mass is 372 g/mol. The van der Waals surface area contributed by atoms with Crippen LogP contribution >= 0.6 is 0 Å². The highest BCUT2D eigenvalue weighted by Gasteiger charge is 2.04. The van der Waals surface area contributed by atoms with Crippen LogP contribution in [0.15, 0.2) is 24.3 Å². The lowest BCUT2D eigenvalue weighted by atomic mass is 10.5. The topological polar surface area (TPSA) is 124 Å². The minimum Gasteiger partial charge on any atom is -0.460 e. The summed E-state index contributed by atoms with van der Waals surface area (Å²) in [5.74, 6) is -2.88. The molecule has 0 atom stereocenters. The van der Waals surface area contributed by atoms with Crippen molar-refractivity contribution in [1.82, 2.24) is 0 Å². The summed E-state index contributed by atoms with van der Waals surface area (Å²) in [4.78, 5) is 45.3. The van der Waals surface area contributed by atoms with Gasteiger partial charge in [0.15, 0.2) is 0 Å². The van der Waals surface area contributed by atoms with Crippen LogP contribution in [-0.4, -0.2) is 76.7 Å². The van der Waals surface area contributed by atoms with Crippen molar-refractivity contribution in [2.45, 2.75) is 0 Å². The van der Waals surface area contributed by atoms with E-state index < -0.39 is 23.9 Å². The second-order valence-electron chi connectivity index (χ2n) is 4.56. The molecule has 0 aromatic carbocycles. The number of esters is 4. The lowest BCUT2D eigenvalue weighted by Gasteiger charge is -2.06. The molecule has 10 nitrogen and oxygen atoms in total. The molecule has 0 unspecified atom stereocenters. The van der Waals surface area contributed by atoms with Crippen LogP contribution in [0.1, 0.15) is 0 Å². The summed E-state index contributed by atoms with van der Waals surface area (Å²) in [6.07, 6.45) is 3.73. The molecular formula is C16H20O10. The standard InChI is InChI=1S/C16H20O10/c17-13-1-2-14(18)24-10-6-22-8-12-26-16(20)4-3-15(19)25-11-7-21-5-9-23-13/h1-4H,5-12H2/b2-1-,4-3-. The van der Waals surface area contributed by atoms with Crippen molar-refractivity contribution in [2.24, 2.45) is 0 Å². The van der Waals surface area contributed by atoms with Crippen LogP contribution in [0, 0.1) is 0 Å². The predicted octanol–water partition coefficient (Wildman–Crippen LogP) is -0.682. The smallest absolute Gasteiger partial charge is 0.331 e. The summed E-state index contributed by atoms with van der Waals surface area (Å²) >= 11 is 0. The van der Waals surface area contributed by atoms with Crippen LogP contribution in [-0.2, 0) is 47.6 Å². The Kier molecular flexibility index (Phi) is 11.1. The van der Waals surface area contributed by atoms with E-state index in [1.807, 2.05) is 0 Å². The molecule has 0 spiro atoms. The molecule has 1 rings (SSSR count).